The number of furan rings is 1. The molecule has 0 aliphatic heterocycles. The molecule has 136 valence electrons. The van der Waals surface area contributed by atoms with Crippen molar-refractivity contribution in [2.75, 3.05) is 5.32 Å². The molecule has 1 amide bonds. The quantitative estimate of drug-likeness (QED) is 0.779. The van der Waals surface area contributed by atoms with Gasteiger partial charge in [0.05, 0.1) is 17.3 Å². The number of carbonyl (C=O) groups is 1. The van der Waals surface area contributed by atoms with Crippen LogP contribution in [0, 0.1) is 13.8 Å². The van der Waals surface area contributed by atoms with Gasteiger partial charge in [0.1, 0.15) is 23.3 Å². The van der Waals surface area contributed by atoms with Gasteiger partial charge in [0.2, 0.25) is 5.71 Å². The van der Waals surface area contributed by atoms with E-state index in [1.165, 1.54) is 23.7 Å². The molecule has 0 aromatic carbocycles. The first-order valence-corrected chi connectivity index (χ1v) is 8.78. The molecule has 1 aliphatic rings. The summed E-state index contributed by atoms with van der Waals surface area (Å²) >= 11 is 0. The Hall–Kier alpha value is -2.90. The van der Waals surface area contributed by atoms with E-state index < -0.39 is 0 Å². The lowest BCUT2D eigenvalue weighted by Crippen LogP contribution is -2.22. The van der Waals surface area contributed by atoms with Crippen LogP contribution < -0.4 is 10.9 Å². The molecule has 0 saturated heterocycles. The van der Waals surface area contributed by atoms with E-state index in [1.807, 2.05) is 17.7 Å². The van der Waals surface area contributed by atoms with E-state index >= 15 is 0 Å². The standard InChI is InChI=1S/C18H21N5O3/c1-10-8-13(23(21-10)12-6-4-5-7-12)20-16(24)14-11(2)26-17-15(14)18(25)22(3)9-19-17/h8-9,12H,4-7H2,1-3H3,(H,20,24). The Balaban J connectivity index is 1.74. The predicted octanol–water partition coefficient (Wildman–Crippen LogP) is 2.71. The first-order chi connectivity index (χ1) is 12.5. The zero-order valence-electron chi connectivity index (χ0n) is 15.1. The molecule has 3 aromatic rings. The van der Waals surface area contributed by atoms with Crippen molar-refractivity contribution in [3.63, 3.8) is 0 Å². The molecular weight excluding hydrogens is 334 g/mol. The normalized spacial score (nSPS) is 15.0. The van der Waals surface area contributed by atoms with E-state index in [9.17, 15) is 9.59 Å². The lowest BCUT2D eigenvalue weighted by atomic mass is 10.2. The second-order valence-electron chi connectivity index (χ2n) is 6.88. The highest BCUT2D eigenvalue weighted by atomic mass is 16.3. The molecule has 4 rings (SSSR count). The summed E-state index contributed by atoms with van der Waals surface area (Å²) in [6.07, 6.45) is 5.84. The van der Waals surface area contributed by atoms with Crippen LogP contribution in [0.3, 0.4) is 0 Å². The maximum atomic E-state index is 13.0. The Bertz CT molecular complexity index is 1050. The van der Waals surface area contributed by atoms with Gasteiger partial charge in [-0.25, -0.2) is 9.67 Å². The molecule has 3 heterocycles. The van der Waals surface area contributed by atoms with Crippen LogP contribution >= 0.6 is 0 Å². The number of nitrogens with one attached hydrogen (secondary N) is 1. The van der Waals surface area contributed by atoms with Crippen LogP contribution in [0.15, 0.2) is 21.6 Å². The van der Waals surface area contributed by atoms with Gasteiger partial charge in [-0.15, -0.1) is 0 Å². The summed E-state index contributed by atoms with van der Waals surface area (Å²) in [5, 5.41) is 7.66. The lowest BCUT2D eigenvalue weighted by molar-refractivity contribution is 0.102. The molecule has 1 fully saturated rings. The largest absolute Gasteiger partial charge is 0.442 e. The zero-order valence-corrected chi connectivity index (χ0v) is 15.1. The topological polar surface area (TPSA) is 95.0 Å². The maximum absolute atomic E-state index is 13.0. The van der Waals surface area contributed by atoms with E-state index in [4.69, 9.17) is 4.42 Å². The van der Waals surface area contributed by atoms with Gasteiger partial charge in [0.25, 0.3) is 11.5 Å². The monoisotopic (exact) mass is 355 g/mol. The summed E-state index contributed by atoms with van der Waals surface area (Å²) in [5.74, 6) is 0.635. The number of fused-ring (bicyclic) bond motifs is 1. The van der Waals surface area contributed by atoms with E-state index in [2.05, 4.69) is 15.4 Å². The minimum absolute atomic E-state index is 0.177. The van der Waals surface area contributed by atoms with E-state index in [0.717, 1.165) is 18.5 Å². The maximum Gasteiger partial charge on any atom is 0.265 e. The Morgan fingerprint density at radius 3 is 2.77 bits per heavy atom. The summed E-state index contributed by atoms with van der Waals surface area (Å²) in [7, 11) is 1.59. The third-order valence-electron chi connectivity index (χ3n) is 4.95. The Kier molecular flexibility index (Phi) is 3.90. The predicted molar refractivity (Wildman–Crippen MR) is 96.4 cm³/mol. The van der Waals surface area contributed by atoms with Crippen molar-refractivity contribution in [1.82, 2.24) is 19.3 Å². The highest BCUT2D eigenvalue weighted by molar-refractivity contribution is 6.12. The number of aryl methyl sites for hydroxylation is 3. The van der Waals surface area contributed by atoms with Crippen LogP contribution in [0.1, 0.15) is 53.5 Å². The van der Waals surface area contributed by atoms with Crippen molar-refractivity contribution in [3.05, 3.63) is 39.8 Å². The number of carbonyl (C=O) groups excluding carboxylic acids is 1. The van der Waals surface area contributed by atoms with Gasteiger partial charge >= 0.3 is 0 Å². The summed E-state index contributed by atoms with van der Waals surface area (Å²) in [4.78, 5) is 29.5. The molecule has 0 radical (unpaired) electrons. The number of nitrogens with zero attached hydrogens (tertiary/aromatic N) is 4. The third-order valence-corrected chi connectivity index (χ3v) is 4.95. The van der Waals surface area contributed by atoms with Crippen molar-refractivity contribution >= 4 is 22.8 Å². The molecular formula is C18H21N5O3. The molecule has 3 aromatic heterocycles. The average Bonchev–Trinajstić information content (AvgIpc) is 3.29. The van der Waals surface area contributed by atoms with Crippen LogP contribution in [-0.4, -0.2) is 25.2 Å². The van der Waals surface area contributed by atoms with Crippen LogP contribution in [0.2, 0.25) is 0 Å². The number of aromatic nitrogens is 4. The van der Waals surface area contributed by atoms with Gasteiger partial charge in [-0.05, 0) is 26.7 Å². The first kappa shape index (κ1) is 16.6. The molecule has 1 N–H and O–H groups in total. The Labute approximate surface area is 149 Å². The van der Waals surface area contributed by atoms with Crippen LogP contribution in [0.25, 0.3) is 11.1 Å². The number of hydrogen-bond donors (Lipinski definition) is 1. The van der Waals surface area contributed by atoms with E-state index in [-0.39, 0.29) is 28.1 Å². The van der Waals surface area contributed by atoms with Gasteiger partial charge in [0.15, 0.2) is 0 Å². The Morgan fingerprint density at radius 1 is 1.31 bits per heavy atom. The first-order valence-electron chi connectivity index (χ1n) is 8.78. The van der Waals surface area contributed by atoms with Crippen LogP contribution in [-0.2, 0) is 7.05 Å². The van der Waals surface area contributed by atoms with Gasteiger partial charge in [-0.2, -0.15) is 5.10 Å². The fourth-order valence-electron chi connectivity index (χ4n) is 3.68. The second-order valence-corrected chi connectivity index (χ2v) is 6.88. The second kappa shape index (κ2) is 6.12. The lowest BCUT2D eigenvalue weighted by Gasteiger charge is -2.14. The van der Waals surface area contributed by atoms with Crippen molar-refractivity contribution < 1.29 is 9.21 Å². The van der Waals surface area contributed by atoms with Crippen LogP contribution in [0.5, 0.6) is 0 Å². The van der Waals surface area contributed by atoms with Gasteiger partial charge in [-0.3, -0.25) is 9.59 Å². The fourth-order valence-corrected chi connectivity index (χ4v) is 3.68. The smallest absolute Gasteiger partial charge is 0.265 e. The van der Waals surface area contributed by atoms with E-state index in [1.54, 1.807) is 14.0 Å². The average molecular weight is 355 g/mol. The van der Waals surface area contributed by atoms with Crippen LogP contribution in [0.4, 0.5) is 5.82 Å². The van der Waals surface area contributed by atoms with E-state index in [0.29, 0.717) is 17.6 Å². The zero-order chi connectivity index (χ0) is 18.4. The van der Waals surface area contributed by atoms with Gasteiger partial charge < -0.3 is 14.3 Å². The molecule has 0 spiro atoms. The minimum Gasteiger partial charge on any atom is -0.442 e. The fraction of sp³-hybridized carbons (Fsp3) is 0.444. The van der Waals surface area contributed by atoms with Crippen molar-refractivity contribution in [2.45, 2.75) is 45.6 Å². The number of anilines is 1. The number of hydrogen-bond acceptors (Lipinski definition) is 5. The van der Waals surface area contributed by atoms with Crippen molar-refractivity contribution in [2.24, 2.45) is 7.05 Å². The SMILES string of the molecule is Cc1cc(NC(=O)c2c(C)oc3ncn(C)c(=O)c23)n(C2CCCC2)n1. The summed E-state index contributed by atoms with van der Waals surface area (Å²) in [5.41, 5.74) is 0.942. The molecule has 0 atom stereocenters. The molecule has 8 nitrogen and oxygen atoms in total. The molecule has 1 saturated carbocycles. The van der Waals surface area contributed by atoms with Crippen molar-refractivity contribution in [1.29, 1.82) is 0 Å². The molecule has 0 unspecified atom stereocenters. The van der Waals surface area contributed by atoms with Gasteiger partial charge in [-0.1, -0.05) is 12.8 Å². The minimum atomic E-state index is -0.384. The third kappa shape index (κ3) is 2.61. The summed E-state index contributed by atoms with van der Waals surface area (Å²) in [6.45, 7) is 3.56. The van der Waals surface area contributed by atoms with Crippen molar-refractivity contribution in [3.8, 4) is 0 Å². The molecule has 26 heavy (non-hydrogen) atoms. The number of rotatable bonds is 3. The number of amides is 1. The molecule has 0 bridgehead atoms. The summed E-state index contributed by atoms with van der Waals surface area (Å²) < 4.78 is 8.75. The Morgan fingerprint density at radius 2 is 2.04 bits per heavy atom. The van der Waals surface area contributed by atoms with Gasteiger partial charge in [0, 0.05) is 13.1 Å². The molecule has 1 aliphatic carbocycles. The molecule has 8 heteroatoms. The highest BCUT2D eigenvalue weighted by Gasteiger charge is 2.25. The summed E-state index contributed by atoms with van der Waals surface area (Å²) in [6, 6.07) is 2.15. The highest BCUT2D eigenvalue weighted by Crippen LogP contribution is 2.32.